The van der Waals surface area contributed by atoms with Crippen LogP contribution in [0.4, 0.5) is 13.2 Å². The number of carboxylic acid groups (broad SMARTS) is 1. The molecule has 0 saturated carbocycles. The first-order valence-corrected chi connectivity index (χ1v) is 5.18. The van der Waals surface area contributed by atoms with Crippen molar-refractivity contribution in [2.75, 3.05) is 0 Å². The summed E-state index contributed by atoms with van der Waals surface area (Å²) >= 11 is 0. The second-order valence-corrected chi connectivity index (χ2v) is 3.85. The Kier molecular flexibility index (Phi) is 3.15. The van der Waals surface area contributed by atoms with E-state index in [0.717, 1.165) is 18.2 Å². The Balaban J connectivity index is 2.68. The maximum absolute atomic E-state index is 12.5. The molecule has 0 bridgehead atoms. The third kappa shape index (κ3) is 2.50. The first-order valence-electron chi connectivity index (χ1n) is 5.18. The second kappa shape index (κ2) is 4.51. The molecule has 0 radical (unpaired) electrons. The topological polar surface area (TPSA) is 70.4 Å². The molecule has 1 aromatic carbocycles. The largest absolute Gasteiger partial charge is 0.478 e. The number of nitrogens with zero attached hydrogens (tertiary/aromatic N) is 1. The summed E-state index contributed by atoms with van der Waals surface area (Å²) in [7, 11) is 0. The lowest BCUT2D eigenvalue weighted by atomic mass is 10.1. The van der Waals surface area contributed by atoms with Crippen LogP contribution in [0.3, 0.4) is 0 Å². The molecule has 1 heterocycles. The van der Waals surface area contributed by atoms with Gasteiger partial charge in [0.05, 0.1) is 28.9 Å². The summed E-state index contributed by atoms with van der Waals surface area (Å²) < 4.78 is 37.6. The van der Waals surface area contributed by atoms with Gasteiger partial charge in [-0.1, -0.05) is 6.07 Å². The minimum Gasteiger partial charge on any atom is -0.478 e. The molecule has 1 aromatic heterocycles. The standard InChI is InChI=1S/C12H8F3NO3/c13-12(14,15)7-2-1-6-3-8(11(18)19)10(5-17)16-9(6)4-7/h1-4,17H,5H2,(H,18,19). The predicted molar refractivity (Wildman–Crippen MR) is 59.6 cm³/mol. The molecule has 0 saturated heterocycles. The van der Waals surface area contributed by atoms with Gasteiger partial charge in [0.25, 0.3) is 0 Å². The fourth-order valence-corrected chi connectivity index (χ4v) is 1.69. The summed E-state index contributed by atoms with van der Waals surface area (Å²) in [5.74, 6) is -1.29. The minimum absolute atomic E-state index is 0.0103. The number of carbonyl (C=O) groups is 1. The number of aromatic carboxylic acids is 1. The molecule has 0 aliphatic heterocycles. The lowest BCUT2D eigenvalue weighted by molar-refractivity contribution is -0.137. The van der Waals surface area contributed by atoms with E-state index in [0.29, 0.717) is 0 Å². The van der Waals surface area contributed by atoms with Crippen molar-refractivity contribution in [2.45, 2.75) is 12.8 Å². The van der Waals surface area contributed by atoms with Gasteiger partial charge in [0.15, 0.2) is 0 Å². The molecule has 2 N–H and O–H groups in total. The van der Waals surface area contributed by atoms with E-state index in [-0.39, 0.29) is 22.2 Å². The van der Waals surface area contributed by atoms with Gasteiger partial charge in [0.2, 0.25) is 0 Å². The Morgan fingerprint density at radius 3 is 2.47 bits per heavy atom. The van der Waals surface area contributed by atoms with Crippen molar-refractivity contribution in [3.63, 3.8) is 0 Å². The monoisotopic (exact) mass is 271 g/mol. The van der Waals surface area contributed by atoms with Crippen molar-refractivity contribution >= 4 is 16.9 Å². The molecule has 4 nitrogen and oxygen atoms in total. The van der Waals surface area contributed by atoms with E-state index in [2.05, 4.69) is 4.98 Å². The van der Waals surface area contributed by atoms with Crippen LogP contribution >= 0.6 is 0 Å². The van der Waals surface area contributed by atoms with Crippen molar-refractivity contribution < 1.29 is 28.2 Å². The van der Waals surface area contributed by atoms with Crippen molar-refractivity contribution in [1.82, 2.24) is 4.98 Å². The lowest BCUT2D eigenvalue weighted by Gasteiger charge is -2.09. The number of benzene rings is 1. The quantitative estimate of drug-likeness (QED) is 0.880. The zero-order valence-corrected chi connectivity index (χ0v) is 9.40. The van der Waals surface area contributed by atoms with Gasteiger partial charge in [0.1, 0.15) is 0 Å². The van der Waals surface area contributed by atoms with Gasteiger partial charge in [-0.2, -0.15) is 13.2 Å². The van der Waals surface area contributed by atoms with Crippen LogP contribution in [0, 0.1) is 0 Å². The number of rotatable bonds is 2. The van der Waals surface area contributed by atoms with E-state index in [4.69, 9.17) is 10.2 Å². The lowest BCUT2D eigenvalue weighted by Crippen LogP contribution is -2.07. The molecule has 0 aliphatic rings. The Labute approximate surface area is 105 Å². The molecule has 0 atom stereocenters. The number of fused-ring (bicyclic) bond motifs is 1. The third-order valence-corrected chi connectivity index (χ3v) is 2.60. The van der Waals surface area contributed by atoms with Crippen LogP contribution in [0.15, 0.2) is 24.3 Å². The molecule has 100 valence electrons. The van der Waals surface area contributed by atoms with Gasteiger partial charge in [-0.25, -0.2) is 9.78 Å². The first-order chi connectivity index (χ1) is 8.82. The van der Waals surface area contributed by atoms with Gasteiger partial charge < -0.3 is 10.2 Å². The van der Waals surface area contributed by atoms with Crippen molar-refractivity contribution in [2.24, 2.45) is 0 Å². The van der Waals surface area contributed by atoms with E-state index in [9.17, 15) is 18.0 Å². The molecule has 0 unspecified atom stereocenters. The molecular weight excluding hydrogens is 263 g/mol. The van der Waals surface area contributed by atoms with Crippen LogP contribution in [-0.4, -0.2) is 21.2 Å². The number of hydrogen-bond donors (Lipinski definition) is 2. The van der Waals surface area contributed by atoms with Crippen LogP contribution in [0.2, 0.25) is 0 Å². The Morgan fingerprint density at radius 1 is 1.26 bits per heavy atom. The number of aromatic nitrogens is 1. The van der Waals surface area contributed by atoms with Crippen LogP contribution < -0.4 is 0 Å². The van der Waals surface area contributed by atoms with Crippen LogP contribution in [-0.2, 0) is 12.8 Å². The van der Waals surface area contributed by atoms with E-state index >= 15 is 0 Å². The average molecular weight is 271 g/mol. The highest BCUT2D eigenvalue weighted by Crippen LogP contribution is 2.31. The third-order valence-electron chi connectivity index (χ3n) is 2.60. The molecule has 2 rings (SSSR count). The number of pyridine rings is 1. The van der Waals surface area contributed by atoms with E-state index in [1.807, 2.05) is 0 Å². The van der Waals surface area contributed by atoms with E-state index in [1.165, 1.54) is 6.07 Å². The number of halogens is 3. The highest BCUT2D eigenvalue weighted by atomic mass is 19.4. The summed E-state index contributed by atoms with van der Waals surface area (Å²) in [6, 6.07) is 4.02. The number of aliphatic hydroxyl groups is 1. The molecule has 0 aliphatic carbocycles. The molecule has 0 spiro atoms. The fraction of sp³-hybridized carbons (Fsp3) is 0.167. The fourth-order valence-electron chi connectivity index (χ4n) is 1.69. The highest BCUT2D eigenvalue weighted by molar-refractivity contribution is 5.94. The van der Waals surface area contributed by atoms with Crippen molar-refractivity contribution in [3.8, 4) is 0 Å². The molecule has 19 heavy (non-hydrogen) atoms. The summed E-state index contributed by atoms with van der Waals surface area (Å²) in [6.45, 7) is -0.659. The Morgan fingerprint density at radius 2 is 1.95 bits per heavy atom. The summed E-state index contributed by atoms with van der Waals surface area (Å²) in [5.41, 5.74) is -1.28. The first kappa shape index (κ1) is 13.3. The molecule has 0 fully saturated rings. The van der Waals surface area contributed by atoms with Gasteiger partial charge in [0, 0.05) is 5.39 Å². The number of carboxylic acids is 1. The van der Waals surface area contributed by atoms with Gasteiger partial charge in [-0.15, -0.1) is 0 Å². The molecular formula is C12H8F3NO3. The number of hydrogen-bond acceptors (Lipinski definition) is 3. The molecule has 7 heteroatoms. The van der Waals surface area contributed by atoms with Crippen molar-refractivity contribution in [3.05, 3.63) is 41.1 Å². The average Bonchev–Trinajstić information content (AvgIpc) is 2.35. The second-order valence-electron chi connectivity index (χ2n) is 3.85. The van der Waals surface area contributed by atoms with Crippen molar-refractivity contribution in [1.29, 1.82) is 0 Å². The van der Waals surface area contributed by atoms with Crippen LogP contribution in [0.1, 0.15) is 21.6 Å². The number of aliphatic hydroxyl groups excluding tert-OH is 1. The molecule has 0 amide bonds. The van der Waals surface area contributed by atoms with E-state index < -0.39 is 24.3 Å². The summed E-state index contributed by atoms with van der Waals surface area (Å²) in [4.78, 5) is 14.7. The SMILES string of the molecule is O=C(O)c1cc2ccc(C(F)(F)F)cc2nc1CO. The van der Waals surface area contributed by atoms with E-state index in [1.54, 1.807) is 0 Å². The zero-order chi connectivity index (χ0) is 14.2. The van der Waals surface area contributed by atoms with Gasteiger partial charge >= 0.3 is 12.1 Å². The van der Waals surface area contributed by atoms with Gasteiger partial charge in [-0.05, 0) is 18.2 Å². The Hall–Kier alpha value is -2.15. The normalized spacial score (nSPS) is 11.8. The highest BCUT2D eigenvalue weighted by Gasteiger charge is 2.30. The number of alkyl halides is 3. The van der Waals surface area contributed by atoms with Crippen LogP contribution in [0.5, 0.6) is 0 Å². The predicted octanol–water partition coefficient (Wildman–Crippen LogP) is 2.44. The zero-order valence-electron chi connectivity index (χ0n) is 9.40. The Bertz CT molecular complexity index is 652. The maximum Gasteiger partial charge on any atom is 0.416 e. The summed E-state index contributed by atoms with van der Waals surface area (Å²) in [6.07, 6.45) is -4.50. The minimum atomic E-state index is -4.50. The van der Waals surface area contributed by atoms with Crippen LogP contribution in [0.25, 0.3) is 10.9 Å². The maximum atomic E-state index is 12.5. The molecule has 2 aromatic rings. The summed E-state index contributed by atoms with van der Waals surface area (Å²) in [5, 5.41) is 18.2. The smallest absolute Gasteiger partial charge is 0.416 e. The van der Waals surface area contributed by atoms with Gasteiger partial charge in [-0.3, -0.25) is 0 Å².